The lowest BCUT2D eigenvalue weighted by Crippen LogP contribution is -2.14. The summed E-state index contributed by atoms with van der Waals surface area (Å²) in [7, 11) is 0. The maximum atomic E-state index is 13.7. The highest BCUT2D eigenvalue weighted by molar-refractivity contribution is 6.30. The molecule has 4 heteroatoms. The van der Waals surface area contributed by atoms with Crippen LogP contribution in [0.3, 0.4) is 0 Å². The number of halogens is 2. The minimum absolute atomic E-state index is 0.324. The maximum Gasteiger partial charge on any atom is 0.137 e. The Morgan fingerprint density at radius 1 is 1.28 bits per heavy atom. The Hall–Kier alpha value is -1.32. The zero-order chi connectivity index (χ0) is 12.5. The highest BCUT2D eigenvalue weighted by atomic mass is 35.5. The van der Waals surface area contributed by atoms with E-state index in [2.05, 4.69) is 5.32 Å². The molecule has 0 aliphatic heterocycles. The summed E-state index contributed by atoms with van der Waals surface area (Å²) in [6.07, 6.45) is 2.47. The maximum absolute atomic E-state index is 13.7. The van der Waals surface area contributed by atoms with E-state index >= 15 is 0 Å². The topological polar surface area (TPSA) is 25.2 Å². The minimum atomic E-state index is -0.324. The number of rotatable bonds is 4. The predicted octanol–water partition coefficient (Wildman–Crippen LogP) is 3.99. The summed E-state index contributed by atoms with van der Waals surface area (Å²) in [4.78, 5) is 0. The molecule has 3 rings (SSSR count). The van der Waals surface area contributed by atoms with Crippen LogP contribution in [-0.4, -0.2) is 6.04 Å². The van der Waals surface area contributed by atoms with Gasteiger partial charge < -0.3 is 9.73 Å². The highest BCUT2D eigenvalue weighted by Crippen LogP contribution is 2.28. The Bertz CT molecular complexity index is 563. The molecule has 2 aromatic rings. The fourth-order valence-electron chi connectivity index (χ4n) is 1.84. The van der Waals surface area contributed by atoms with Crippen LogP contribution >= 0.6 is 11.6 Å². The second-order valence-corrected chi connectivity index (χ2v) is 4.98. The molecule has 1 heterocycles. The van der Waals surface area contributed by atoms with E-state index in [1.807, 2.05) is 6.07 Å². The smallest absolute Gasteiger partial charge is 0.137 e. The lowest BCUT2D eigenvalue weighted by molar-refractivity contribution is 0.489. The van der Waals surface area contributed by atoms with Crippen molar-refractivity contribution in [3.05, 3.63) is 46.9 Å². The Morgan fingerprint density at radius 3 is 2.89 bits per heavy atom. The second-order valence-electron chi connectivity index (χ2n) is 4.55. The van der Waals surface area contributed by atoms with E-state index in [1.165, 1.54) is 25.0 Å². The van der Waals surface area contributed by atoms with Crippen molar-refractivity contribution in [3.63, 3.8) is 0 Å². The van der Waals surface area contributed by atoms with Crippen LogP contribution in [0.15, 0.2) is 34.7 Å². The van der Waals surface area contributed by atoms with Crippen molar-refractivity contribution >= 4 is 11.6 Å². The van der Waals surface area contributed by atoms with E-state index in [-0.39, 0.29) is 5.82 Å². The van der Waals surface area contributed by atoms with Crippen LogP contribution in [0.4, 0.5) is 4.39 Å². The Morgan fingerprint density at radius 2 is 2.11 bits per heavy atom. The third-order valence-electron chi connectivity index (χ3n) is 3.00. The Kier molecular flexibility index (Phi) is 3.10. The van der Waals surface area contributed by atoms with E-state index < -0.39 is 0 Å². The molecule has 1 N–H and O–H groups in total. The van der Waals surface area contributed by atoms with E-state index in [1.54, 1.807) is 12.1 Å². The molecule has 1 aromatic heterocycles. The van der Waals surface area contributed by atoms with E-state index in [9.17, 15) is 4.39 Å². The lowest BCUT2D eigenvalue weighted by atomic mass is 10.1. The van der Waals surface area contributed by atoms with Gasteiger partial charge >= 0.3 is 0 Å². The average Bonchev–Trinajstić information content (AvgIpc) is 3.08. The molecule has 0 unspecified atom stereocenters. The normalized spacial score (nSPS) is 15.0. The van der Waals surface area contributed by atoms with Crippen LogP contribution < -0.4 is 5.32 Å². The number of furan rings is 1. The van der Waals surface area contributed by atoms with Crippen LogP contribution in [0.1, 0.15) is 18.6 Å². The summed E-state index contributed by atoms with van der Waals surface area (Å²) < 4.78 is 19.3. The largest absolute Gasteiger partial charge is 0.460 e. The SMILES string of the molecule is Fc1ccc(Cl)cc1-c1ccc(CNC2CC2)o1. The standard InChI is InChI=1S/C14H13ClFNO/c15-9-1-5-13(16)12(7-9)14-6-4-11(18-14)8-17-10-2-3-10/h1,4-7,10,17H,2-3,8H2. The molecule has 0 spiro atoms. The van der Waals surface area contributed by atoms with Crippen LogP contribution in [0.5, 0.6) is 0 Å². The van der Waals surface area contributed by atoms with Crippen molar-refractivity contribution in [3.8, 4) is 11.3 Å². The molecule has 0 radical (unpaired) electrons. The zero-order valence-corrected chi connectivity index (χ0v) is 10.5. The Labute approximate surface area is 110 Å². The Balaban J connectivity index is 1.80. The van der Waals surface area contributed by atoms with E-state index in [0.717, 1.165) is 5.76 Å². The average molecular weight is 266 g/mol. The van der Waals surface area contributed by atoms with Gasteiger partial charge in [0.1, 0.15) is 17.3 Å². The molecule has 94 valence electrons. The fourth-order valence-corrected chi connectivity index (χ4v) is 2.01. The second kappa shape index (κ2) is 4.75. The van der Waals surface area contributed by atoms with Crippen molar-refractivity contribution in [1.29, 1.82) is 0 Å². The van der Waals surface area contributed by atoms with Crippen molar-refractivity contribution < 1.29 is 8.81 Å². The van der Waals surface area contributed by atoms with Crippen LogP contribution in [0.25, 0.3) is 11.3 Å². The van der Waals surface area contributed by atoms with Gasteiger partial charge in [-0.25, -0.2) is 4.39 Å². The zero-order valence-electron chi connectivity index (χ0n) is 9.75. The third-order valence-corrected chi connectivity index (χ3v) is 3.23. The number of benzene rings is 1. The highest BCUT2D eigenvalue weighted by Gasteiger charge is 2.20. The summed E-state index contributed by atoms with van der Waals surface area (Å²) in [5, 5.41) is 3.85. The molecular weight excluding hydrogens is 253 g/mol. The lowest BCUT2D eigenvalue weighted by Gasteiger charge is -2.01. The summed E-state index contributed by atoms with van der Waals surface area (Å²) in [5.41, 5.74) is 0.403. The summed E-state index contributed by atoms with van der Waals surface area (Å²) >= 11 is 5.86. The van der Waals surface area contributed by atoms with Crippen LogP contribution in [0.2, 0.25) is 5.02 Å². The molecule has 1 aliphatic carbocycles. The van der Waals surface area contributed by atoms with Gasteiger partial charge in [-0.15, -0.1) is 0 Å². The summed E-state index contributed by atoms with van der Waals surface area (Å²) in [5.74, 6) is 1.01. The van der Waals surface area contributed by atoms with Gasteiger partial charge in [0.15, 0.2) is 0 Å². The monoisotopic (exact) mass is 265 g/mol. The van der Waals surface area contributed by atoms with Gasteiger partial charge in [-0.05, 0) is 43.2 Å². The molecule has 1 saturated carbocycles. The van der Waals surface area contributed by atoms with Gasteiger partial charge in [0.2, 0.25) is 0 Å². The van der Waals surface area contributed by atoms with Crippen molar-refractivity contribution in [1.82, 2.24) is 5.32 Å². The van der Waals surface area contributed by atoms with Crippen molar-refractivity contribution in [2.45, 2.75) is 25.4 Å². The molecule has 0 atom stereocenters. The molecule has 0 amide bonds. The number of nitrogens with one attached hydrogen (secondary N) is 1. The van der Waals surface area contributed by atoms with Gasteiger partial charge in [-0.2, -0.15) is 0 Å². The van der Waals surface area contributed by atoms with E-state index in [4.69, 9.17) is 16.0 Å². The summed E-state index contributed by atoms with van der Waals surface area (Å²) in [6, 6.07) is 8.72. The van der Waals surface area contributed by atoms with Gasteiger partial charge in [0.25, 0.3) is 0 Å². The molecule has 18 heavy (non-hydrogen) atoms. The predicted molar refractivity (Wildman–Crippen MR) is 69.0 cm³/mol. The van der Waals surface area contributed by atoms with Crippen molar-refractivity contribution in [2.24, 2.45) is 0 Å². The van der Waals surface area contributed by atoms with Gasteiger partial charge in [0, 0.05) is 11.1 Å². The minimum Gasteiger partial charge on any atom is -0.460 e. The van der Waals surface area contributed by atoms with Gasteiger partial charge in [-0.1, -0.05) is 11.6 Å². The molecule has 0 bridgehead atoms. The third kappa shape index (κ3) is 2.57. The fraction of sp³-hybridized carbons (Fsp3) is 0.286. The van der Waals surface area contributed by atoms with E-state index in [0.29, 0.717) is 28.9 Å². The van der Waals surface area contributed by atoms with Crippen LogP contribution in [0, 0.1) is 5.82 Å². The molecule has 1 aromatic carbocycles. The van der Waals surface area contributed by atoms with Crippen molar-refractivity contribution in [2.75, 3.05) is 0 Å². The molecule has 0 saturated heterocycles. The molecule has 2 nitrogen and oxygen atoms in total. The molecular formula is C14H13ClFNO. The first kappa shape index (κ1) is 11.8. The molecule has 1 aliphatic rings. The first-order valence-corrected chi connectivity index (χ1v) is 6.38. The quantitative estimate of drug-likeness (QED) is 0.904. The van der Waals surface area contributed by atoms with Crippen LogP contribution in [-0.2, 0) is 6.54 Å². The first-order chi connectivity index (χ1) is 8.72. The molecule has 1 fully saturated rings. The number of hydrogen-bond donors (Lipinski definition) is 1. The van der Waals surface area contributed by atoms with Gasteiger partial charge in [0.05, 0.1) is 12.1 Å². The number of hydrogen-bond acceptors (Lipinski definition) is 2. The first-order valence-electron chi connectivity index (χ1n) is 6.00. The van der Waals surface area contributed by atoms with Gasteiger partial charge in [-0.3, -0.25) is 0 Å². The summed E-state index contributed by atoms with van der Waals surface area (Å²) in [6.45, 7) is 0.687.